The van der Waals surface area contributed by atoms with Gasteiger partial charge in [0.05, 0.1) is 13.2 Å². The normalized spacial score (nSPS) is 10.3. The number of benzene rings is 1. The second kappa shape index (κ2) is 9.61. The molecule has 0 bridgehead atoms. The SMILES string of the molecule is CCOc1ccc(C(=O)CCC(=O)NCC(=O)NC(C)C)cc1. The fourth-order valence-corrected chi connectivity index (χ4v) is 1.92. The highest BCUT2D eigenvalue weighted by atomic mass is 16.5. The lowest BCUT2D eigenvalue weighted by Gasteiger charge is -2.09. The number of hydrogen-bond donors (Lipinski definition) is 2. The summed E-state index contributed by atoms with van der Waals surface area (Å²) < 4.78 is 5.31. The molecule has 2 amide bonds. The fourth-order valence-electron chi connectivity index (χ4n) is 1.92. The minimum Gasteiger partial charge on any atom is -0.494 e. The van der Waals surface area contributed by atoms with Gasteiger partial charge >= 0.3 is 0 Å². The Bertz CT molecular complexity index is 538. The first-order chi connectivity index (χ1) is 10.9. The number of hydrogen-bond acceptors (Lipinski definition) is 4. The van der Waals surface area contributed by atoms with E-state index in [0.717, 1.165) is 0 Å². The molecule has 0 heterocycles. The van der Waals surface area contributed by atoms with E-state index >= 15 is 0 Å². The Morgan fingerprint density at radius 2 is 1.70 bits per heavy atom. The van der Waals surface area contributed by atoms with Crippen LogP contribution in [0, 0.1) is 0 Å². The number of Topliss-reactive ketones (excluding diaryl/α,β-unsaturated/α-hetero) is 1. The summed E-state index contributed by atoms with van der Waals surface area (Å²) in [6.45, 7) is 6.07. The second-order valence-corrected chi connectivity index (χ2v) is 5.38. The van der Waals surface area contributed by atoms with Crippen molar-refractivity contribution in [3.63, 3.8) is 0 Å². The van der Waals surface area contributed by atoms with Gasteiger partial charge in [-0.1, -0.05) is 0 Å². The maximum atomic E-state index is 12.0. The topological polar surface area (TPSA) is 84.5 Å². The quantitative estimate of drug-likeness (QED) is 0.678. The van der Waals surface area contributed by atoms with Crippen LogP contribution in [0.5, 0.6) is 5.75 Å². The van der Waals surface area contributed by atoms with Gasteiger partial charge in [-0.05, 0) is 45.0 Å². The van der Waals surface area contributed by atoms with Gasteiger partial charge in [0.15, 0.2) is 5.78 Å². The van der Waals surface area contributed by atoms with Gasteiger partial charge in [0.2, 0.25) is 11.8 Å². The highest BCUT2D eigenvalue weighted by molar-refractivity contribution is 5.98. The molecule has 23 heavy (non-hydrogen) atoms. The largest absolute Gasteiger partial charge is 0.494 e. The predicted octanol–water partition coefficient (Wildman–Crippen LogP) is 1.69. The molecule has 0 atom stereocenters. The lowest BCUT2D eigenvalue weighted by atomic mass is 10.1. The number of amides is 2. The molecule has 0 saturated heterocycles. The molecular weight excluding hydrogens is 296 g/mol. The maximum absolute atomic E-state index is 12.0. The first-order valence-electron chi connectivity index (χ1n) is 7.74. The van der Waals surface area contributed by atoms with Crippen LogP contribution in [0.4, 0.5) is 0 Å². The smallest absolute Gasteiger partial charge is 0.239 e. The molecule has 1 aromatic rings. The van der Waals surface area contributed by atoms with Crippen LogP contribution in [-0.2, 0) is 9.59 Å². The van der Waals surface area contributed by atoms with Crippen LogP contribution in [0.25, 0.3) is 0 Å². The van der Waals surface area contributed by atoms with Crippen molar-refractivity contribution < 1.29 is 19.1 Å². The number of nitrogens with one attached hydrogen (secondary N) is 2. The maximum Gasteiger partial charge on any atom is 0.239 e. The molecule has 1 rings (SSSR count). The van der Waals surface area contributed by atoms with E-state index in [9.17, 15) is 14.4 Å². The van der Waals surface area contributed by atoms with E-state index < -0.39 is 0 Å². The summed E-state index contributed by atoms with van der Waals surface area (Å²) in [5, 5.41) is 5.17. The van der Waals surface area contributed by atoms with Crippen LogP contribution in [0.3, 0.4) is 0 Å². The lowest BCUT2D eigenvalue weighted by Crippen LogP contribution is -2.39. The summed E-state index contributed by atoms with van der Waals surface area (Å²) in [6, 6.07) is 6.85. The van der Waals surface area contributed by atoms with Crippen LogP contribution in [0.15, 0.2) is 24.3 Å². The standard InChI is InChI=1S/C17H24N2O4/c1-4-23-14-7-5-13(6-8-14)15(20)9-10-16(21)18-11-17(22)19-12(2)3/h5-8,12H,4,9-11H2,1-3H3,(H,18,21)(H,19,22). The molecule has 0 unspecified atom stereocenters. The molecular formula is C17H24N2O4. The molecule has 0 aliphatic heterocycles. The van der Waals surface area contributed by atoms with E-state index in [1.165, 1.54) is 0 Å². The molecule has 6 nitrogen and oxygen atoms in total. The highest BCUT2D eigenvalue weighted by Gasteiger charge is 2.11. The van der Waals surface area contributed by atoms with Crippen LogP contribution in [-0.4, -0.2) is 36.8 Å². The fraction of sp³-hybridized carbons (Fsp3) is 0.471. The molecule has 0 aliphatic carbocycles. The molecule has 0 saturated carbocycles. The van der Waals surface area contributed by atoms with Crippen LogP contribution in [0.2, 0.25) is 0 Å². The third kappa shape index (κ3) is 7.44. The number of carbonyl (C=O) groups excluding carboxylic acids is 3. The Morgan fingerprint density at radius 3 is 2.26 bits per heavy atom. The Hall–Kier alpha value is -2.37. The molecule has 0 radical (unpaired) electrons. The molecule has 0 fully saturated rings. The first-order valence-corrected chi connectivity index (χ1v) is 7.74. The average Bonchev–Trinajstić information content (AvgIpc) is 2.51. The van der Waals surface area contributed by atoms with Gasteiger partial charge in [0, 0.05) is 24.4 Å². The lowest BCUT2D eigenvalue weighted by molar-refractivity contribution is -0.126. The van der Waals surface area contributed by atoms with E-state index in [1.807, 2.05) is 20.8 Å². The van der Waals surface area contributed by atoms with E-state index in [4.69, 9.17) is 4.74 Å². The summed E-state index contributed by atoms with van der Waals surface area (Å²) in [5.41, 5.74) is 0.541. The zero-order valence-electron chi connectivity index (χ0n) is 13.8. The molecule has 126 valence electrons. The van der Waals surface area contributed by atoms with Crippen molar-refractivity contribution in [3.05, 3.63) is 29.8 Å². The summed E-state index contributed by atoms with van der Waals surface area (Å²) in [5.74, 6) is 0.0298. The van der Waals surface area contributed by atoms with Gasteiger partial charge in [0.25, 0.3) is 0 Å². The van der Waals surface area contributed by atoms with Crippen molar-refractivity contribution in [2.75, 3.05) is 13.2 Å². The minimum absolute atomic E-state index is 0.0284. The monoisotopic (exact) mass is 320 g/mol. The molecule has 6 heteroatoms. The van der Waals surface area contributed by atoms with Crippen molar-refractivity contribution in [2.24, 2.45) is 0 Å². The number of ketones is 1. The average molecular weight is 320 g/mol. The zero-order valence-corrected chi connectivity index (χ0v) is 13.8. The van der Waals surface area contributed by atoms with Crippen molar-refractivity contribution in [1.82, 2.24) is 10.6 Å². The van der Waals surface area contributed by atoms with Gasteiger partial charge in [-0.3, -0.25) is 14.4 Å². The van der Waals surface area contributed by atoms with Crippen molar-refractivity contribution in [2.45, 2.75) is 39.7 Å². The molecule has 2 N–H and O–H groups in total. The first kappa shape index (κ1) is 18.7. The number of carbonyl (C=O) groups is 3. The predicted molar refractivity (Wildman–Crippen MR) is 87.5 cm³/mol. The second-order valence-electron chi connectivity index (χ2n) is 5.38. The summed E-state index contributed by atoms with van der Waals surface area (Å²) in [4.78, 5) is 35.0. The van der Waals surface area contributed by atoms with Crippen LogP contribution < -0.4 is 15.4 Å². The Morgan fingerprint density at radius 1 is 1.04 bits per heavy atom. The highest BCUT2D eigenvalue weighted by Crippen LogP contribution is 2.13. The zero-order chi connectivity index (χ0) is 17.2. The van der Waals surface area contributed by atoms with Gasteiger partial charge in [-0.2, -0.15) is 0 Å². The summed E-state index contributed by atoms with van der Waals surface area (Å²) in [6.07, 6.45) is 0.159. The Balaban J connectivity index is 2.34. The van der Waals surface area contributed by atoms with Gasteiger partial charge < -0.3 is 15.4 Å². The third-order valence-corrected chi connectivity index (χ3v) is 2.96. The van der Waals surface area contributed by atoms with Gasteiger partial charge in [-0.25, -0.2) is 0 Å². The van der Waals surface area contributed by atoms with Crippen LogP contribution >= 0.6 is 0 Å². The minimum atomic E-state index is -0.316. The van der Waals surface area contributed by atoms with E-state index in [1.54, 1.807) is 24.3 Å². The Labute approximate surface area is 136 Å². The molecule has 0 aliphatic rings. The molecule has 0 aromatic heterocycles. The van der Waals surface area contributed by atoms with Crippen molar-refractivity contribution >= 4 is 17.6 Å². The molecule has 0 spiro atoms. The van der Waals surface area contributed by atoms with Crippen molar-refractivity contribution in [1.29, 1.82) is 0 Å². The summed E-state index contributed by atoms with van der Waals surface area (Å²) >= 11 is 0. The van der Waals surface area contributed by atoms with E-state index in [-0.39, 0.29) is 43.0 Å². The molecule has 1 aromatic carbocycles. The van der Waals surface area contributed by atoms with Crippen LogP contribution in [0.1, 0.15) is 44.0 Å². The summed E-state index contributed by atoms with van der Waals surface area (Å²) in [7, 11) is 0. The van der Waals surface area contributed by atoms with Gasteiger partial charge in [0.1, 0.15) is 5.75 Å². The van der Waals surface area contributed by atoms with E-state index in [2.05, 4.69) is 10.6 Å². The number of rotatable bonds is 9. The van der Waals surface area contributed by atoms with Gasteiger partial charge in [-0.15, -0.1) is 0 Å². The third-order valence-electron chi connectivity index (χ3n) is 2.96. The Kier molecular flexibility index (Phi) is 7.80. The van der Waals surface area contributed by atoms with Crippen molar-refractivity contribution in [3.8, 4) is 5.75 Å². The number of ether oxygens (including phenoxy) is 1. The van der Waals surface area contributed by atoms with E-state index in [0.29, 0.717) is 17.9 Å².